The first kappa shape index (κ1) is 31.1. The third kappa shape index (κ3) is 6.91. The minimum Gasteiger partial charge on any atom is -0.493 e. The number of methoxy groups -OCH3 is 1. The summed E-state index contributed by atoms with van der Waals surface area (Å²) in [6.45, 7) is 6.22. The second-order valence-electron chi connectivity index (χ2n) is 10.8. The van der Waals surface area contributed by atoms with Crippen molar-refractivity contribution in [2.24, 2.45) is 0 Å². The highest BCUT2D eigenvalue weighted by Gasteiger charge is 2.51. The van der Waals surface area contributed by atoms with Gasteiger partial charge in [0.2, 0.25) is 5.91 Å². The number of alkyl halides is 3. The van der Waals surface area contributed by atoms with Crippen LogP contribution >= 0.6 is 0 Å². The van der Waals surface area contributed by atoms with Crippen LogP contribution in [0.3, 0.4) is 0 Å². The van der Waals surface area contributed by atoms with E-state index in [1.54, 1.807) is 18.2 Å². The van der Waals surface area contributed by atoms with Crippen molar-refractivity contribution in [2.45, 2.75) is 31.9 Å². The number of carbonyl (C=O) groups excluding carboxylic acids is 1. The number of carbonyl (C=O) groups is 1. The molecule has 4 aromatic rings. The Balaban J connectivity index is 1.25. The first-order valence-corrected chi connectivity index (χ1v) is 13.8. The molecule has 1 saturated heterocycles. The van der Waals surface area contributed by atoms with E-state index in [4.69, 9.17) is 18.7 Å². The average Bonchev–Trinajstić information content (AvgIpc) is 3.46. The van der Waals surface area contributed by atoms with E-state index in [0.29, 0.717) is 53.6 Å². The zero-order valence-corrected chi connectivity index (χ0v) is 24.3. The lowest BCUT2D eigenvalue weighted by atomic mass is 9.89. The Hall–Kier alpha value is -4.30. The molecule has 0 aliphatic carbocycles. The summed E-state index contributed by atoms with van der Waals surface area (Å²) in [6, 6.07) is 8.72. The van der Waals surface area contributed by atoms with Crippen LogP contribution in [0, 0.1) is 5.82 Å². The maximum Gasteiger partial charge on any atom is 0.401 e. The molecule has 0 atom stereocenters. The molecule has 1 aliphatic rings. The van der Waals surface area contributed by atoms with E-state index in [1.165, 1.54) is 25.4 Å². The molecule has 14 heteroatoms. The SMILES string of the molecule is COc1cc2nc(-c3ccc(CC(=O)Nc4cc(C(C)(C)C(F)(F)F)on4)c(F)c3)cnc2cc1OCCN1CCOCC1. The molecule has 5 rings (SSSR count). The fraction of sp³-hybridized carbons (Fsp3) is 0.400. The van der Waals surface area contributed by atoms with Gasteiger partial charge >= 0.3 is 6.18 Å². The van der Waals surface area contributed by atoms with Crippen molar-refractivity contribution in [3.05, 3.63) is 59.7 Å². The molecule has 10 nitrogen and oxygen atoms in total. The van der Waals surface area contributed by atoms with Crippen molar-refractivity contribution in [3.8, 4) is 22.8 Å². The molecule has 1 N–H and O–H groups in total. The summed E-state index contributed by atoms with van der Waals surface area (Å²) in [4.78, 5) is 23.8. The zero-order chi connectivity index (χ0) is 31.5. The molecule has 44 heavy (non-hydrogen) atoms. The summed E-state index contributed by atoms with van der Waals surface area (Å²) in [5.41, 5.74) is -0.316. The van der Waals surface area contributed by atoms with Gasteiger partial charge in [0.15, 0.2) is 23.1 Å². The van der Waals surface area contributed by atoms with E-state index < -0.39 is 29.1 Å². The molecule has 0 radical (unpaired) electrons. The van der Waals surface area contributed by atoms with Crippen LogP contribution in [0.1, 0.15) is 25.2 Å². The summed E-state index contributed by atoms with van der Waals surface area (Å²) < 4.78 is 76.4. The second kappa shape index (κ2) is 12.7. The maximum atomic E-state index is 15.0. The zero-order valence-electron chi connectivity index (χ0n) is 24.3. The molecule has 0 unspecified atom stereocenters. The Kier molecular flexibility index (Phi) is 9.02. The first-order valence-electron chi connectivity index (χ1n) is 13.8. The Morgan fingerprint density at radius 3 is 2.52 bits per heavy atom. The van der Waals surface area contributed by atoms with Crippen LogP contribution in [-0.4, -0.2) is 78.7 Å². The first-order chi connectivity index (χ1) is 20.9. The van der Waals surface area contributed by atoms with E-state index in [0.717, 1.165) is 39.5 Å². The molecular formula is C30H31F4N5O5. The van der Waals surface area contributed by atoms with Crippen LogP contribution in [0.4, 0.5) is 23.4 Å². The molecule has 1 amide bonds. The summed E-state index contributed by atoms with van der Waals surface area (Å²) >= 11 is 0. The standard InChI is InChI=1S/C30H31F4N5O5/c1-29(2,30(32,33)34)26-16-27(38-44-26)37-28(40)13-18-4-5-19(12-20(18)31)23-17-35-21-14-25(24(41-3)15-22(21)36-23)43-11-8-39-6-9-42-10-7-39/h4-5,12,14-17H,6-11,13H2,1-3H3,(H,37,38,40). The van der Waals surface area contributed by atoms with E-state index in [2.05, 4.69) is 25.3 Å². The quantitative estimate of drug-likeness (QED) is 0.241. The smallest absolute Gasteiger partial charge is 0.401 e. The summed E-state index contributed by atoms with van der Waals surface area (Å²) in [6.07, 6.45) is -3.45. The molecule has 0 bridgehead atoms. The molecule has 2 aromatic heterocycles. The van der Waals surface area contributed by atoms with Gasteiger partial charge in [0.05, 0.1) is 49.7 Å². The number of amides is 1. The van der Waals surface area contributed by atoms with Gasteiger partial charge in [-0.2, -0.15) is 13.2 Å². The van der Waals surface area contributed by atoms with E-state index in [-0.39, 0.29) is 17.8 Å². The molecule has 0 saturated carbocycles. The number of rotatable bonds is 10. The van der Waals surface area contributed by atoms with Crippen LogP contribution in [0.5, 0.6) is 11.5 Å². The highest BCUT2D eigenvalue weighted by molar-refractivity contribution is 5.91. The lowest BCUT2D eigenvalue weighted by Gasteiger charge is -2.26. The predicted octanol–water partition coefficient (Wildman–Crippen LogP) is 5.16. The number of nitrogens with zero attached hydrogens (tertiary/aromatic N) is 4. The minimum atomic E-state index is -4.58. The average molecular weight is 618 g/mol. The molecule has 234 valence electrons. The van der Waals surface area contributed by atoms with Gasteiger partial charge < -0.3 is 24.1 Å². The number of benzene rings is 2. The van der Waals surface area contributed by atoms with Gasteiger partial charge in [-0.05, 0) is 25.5 Å². The number of hydrogen-bond donors (Lipinski definition) is 1. The highest BCUT2D eigenvalue weighted by atomic mass is 19.4. The number of halogens is 4. The monoisotopic (exact) mass is 617 g/mol. The van der Waals surface area contributed by atoms with Crippen molar-refractivity contribution in [3.63, 3.8) is 0 Å². The van der Waals surface area contributed by atoms with Crippen LogP contribution < -0.4 is 14.8 Å². The second-order valence-corrected chi connectivity index (χ2v) is 10.8. The predicted molar refractivity (Wildman–Crippen MR) is 152 cm³/mol. The van der Waals surface area contributed by atoms with Crippen LogP contribution in [-0.2, 0) is 21.4 Å². The van der Waals surface area contributed by atoms with Crippen molar-refractivity contribution in [2.75, 3.05) is 51.9 Å². The number of hydrogen-bond acceptors (Lipinski definition) is 9. The van der Waals surface area contributed by atoms with Gasteiger partial charge in [-0.25, -0.2) is 9.37 Å². The van der Waals surface area contributed by atoms with Gasteiger partial charge in [-0.1, -0.05) is 17.3 Å². The normalized spacial score (nSPS) is 14.5. The Morgan fingerprint density at radius 2 is 1.82 bits per heavy atom. The molecular weight excluding hydrogens is 586 g/mol. The fourth-order valence-corrected chi connectivity index (χ4v) is 4.52. The number of morpholine rings is 1. The number of anilines is 1. The van der Waals surface area contributed by atoms with E-state index in [1.807, 2.05) is 0 Å². The lowest BCUT2D eigenvalue weighted by molar-refractivity contribution is -0.185. The maximum absolute atomic E-state index is 15.0. The fourth-order valence-electron chi connectivity index (χ4n) is 4.52. The number of aromatic nitrogens is 3. The largest absolute Gasteiger partial charge is 0.493 e. The molecule has 1 aliphatic heterocycles. The summed E-state index contributed by atoms with van der Waals surface area (Å²) in [7, 11) is 1.53. The van der Waals surface area contributed by atoms with Gasteiger partial charge in [0, 0.05) is 43.4 Å². The lowest BCUT2D eigenvalue weighted by Crippen LogP contribution is -2.38. The van der Waals surface area contributed by atoms with Crippen LogP contribution in [0.2, 0.25) is 0 Å². The Morgan fingerprint density at radius 1 is 1.07 bits per heavy atom. The summed E-state index contributed by atoms with van der Waals surface area (Å²) in [5, 5.41) is 5.83. The third-order valence-corrected chi connectivity index (χ3v) is 7.40. The van der Waals surface area contributed by atoms with E-state index in [9.17, 15) is 18.0 Å². The van der Waals surface area contributed by atoms with Crippen molar-refractivity contribution in [1.82, 2.24) is 20.0 Å². The summed E-state index contributed by atoms with van der Waals surface area (Å²) in [5.74, 6) is -0.985. The highest BCUT2D eigenvalue weighted by Crippen LogP contribution is 2.41. The topological polar surface area (TPSA) is 112 Å². The van der Waals surface area contributed by atoms with Crippen molar-refractivity contribution >= 4 is 22.8 Å². The van der Waals surface area contributed by atoms with Crippen molar-refractivity contribution in [1.29, 1.82) is 0 Å². The van der Waals surface area contributed by atoms with Gasteiger partial charge in [0.1, 0.15) is 17.8 Å². The Labute approximate surface area is 250 Å². The number of fused-ring (bicyclic) bond motifs is 1. The third-order valence-electron chi connectivity index (χ3n) is 7.40. The molecule has 0 spiro atoms. The molecule has 1 fully saturated rings. The van der Waals surface area contributed by atoms with Gasteiger partial charge in [0.25, 0.3) is 0 Å². The number of nitrogens with one attached hydrogen (secondary N) is 1. The van der Waals surface area contributed by atoms with E-state index >= 15 is 4.39 Å². The van der Waals surface area contributed by atoms with Crippen LogP contribution in [0.15, 0.2) is 47.1 Å². The van der Waals surface area contributed by atoms with Crippen LogP contribution in [0.25, 0.3) is 22.3 Å². The van der Waals surface area contributed by atoms with Crippen molar-refractivity contribution < 1.29 is 41.1 Å². The minimum absolute atomic E-state index is 0.0693. The number of ether oxygens (including phenoxy) is 3. The molecule has 3 heterocycles. The Bertz CT molecular complexity index is 1640. The van der Waals surface area contributed by atoms with Gasteiger partial charge in [-0.3, -0.25) is 14.7 Å². The van der Waals surface area contributed by atoms with Gasteiger partial charge in [-0.15, -0.1) is 0 Å². The molecule has 2 aromatic carbocycles.